The molecular weight excluding hydrogens is 240 g/mol. The molecule has 0 radical (unpaired) electrons. The summed E-state index contributed by atoms with van der Waals surface area (Å²) < 4.78 is 6.27. The molecule has 1 aromatic rings. The Labute approximate surface area is 112 Å². The highest BCUT2D eigenvalue weighted by atomic mass is 16.5. The van der Waals surface area contributed by atoms with Gasteiger partial charge >= 0.3 is 0 Å². The van der Waals surface area contributed by atoms with Crippen molar-refractivity contribution in [2.24, 2.45) is 17.8 Å². The quantitative estimate of drug-likeness (QED) is 0.849. The van der Waals surface area contributed by atoms with E-state index in [2.05, 4.69) is 9.97 Å². The first-order valence-corrected chi connectivity index (χ1v) is 7.19. The standard InChI is InChI=1S/C14H20N4O/c15-11-4-12(18-13(16)17-11)19-14-5-8-1-9(6-14)3-10(2-8)7-14/h4,8-10H,1-3,5-7H2,(H4,15,16,17,18). The maximum atomic E-state index is 6.27. The zero-order valence-electron chi connectivity index (χ0n) is 11.0. The summed E-state index contributed by atoms with van der Waals surface area (Å²) >= 11 is 0. The Morgan fingerprint density at radius 3 is 2.11 bits per heavy atom. The van der Waals surface area contributed by atoms with E-state index >= 15 is 0 Å². The molecule has 1 aromatic heterocycles. The number of aromatic nitrogens is 2. The average Bonchev–Trinajstić information content (AvgIpc) is 2.23. The molecule has 0 spiro atoms. The Morgan fingerprint density at radius 1 is 1.00 bits per heavy atom. The number of anilines is 2. The van der Waals surface area contributed by atoms with E-state index in [0.29, 0.717) is 11.7 Å². The summed E-state index contributed by atoms with van der Waals surface area (Å²) in [6, 6.07) is 1.69. The van der Waals surface area contributed by atoms with Crippen molar-refractivity contribution in [3.63, 3.8) is 0 Å². The fourth-order valence-corrected chi connectivity index (χ4v) is 4.89. The topological polar surface area (TPSA) is 87.0 Å². The fraction of sp³-hybridized carbons (Fsp3) is 0.714. The number of hydrogen-bond donors (Lipinski definition) is 2. The van der Waals surface area contributed by atoms with Gasteiger partial charge in [0.2, 0.25) is 11.8 Å². The van der Waals surface area contributed by atoms with Gasteiger partial charge in [-0.15, -0.1) is 0 Å². The third-order valence-electron chi connectivity index (χ3n) is 5.04. The van der Waals surface area contributed by atoms with Crippen molar-refractivity contribution < 1.29 is 4.74 Å². The van der Waals surface area contributed by atoms with Crippen LogP contribution < -0.4 is 16.2 Å². The maximum Gasteiger partial charge on any atom is 0.225 e. The van der Waals surface area contributed by atoms with Crippen molar-refractivity contribution in [1.82, 2.24) is 9.97 Å². The molecule has 5 nitrogen and oxygen atoms in total. The smallest absolute Gasteiger partial charge is 0.225 e. The second-order valence-electron chi connectivity index (χ2n) is 6.69. The maximum absolute atomic E-state index is 6.27. The summed E-state index contributed by atoms with van der Waals surface area (Å²) in [5, 5.41) is 0. The summed E-state index contributed by atoms with van der Waals surface area (Å²) in [6.07, 6.45) is 7.71. The van der Waals surface area contributed by atoms with E-state index in [4.69, 9.17) is 16.2 Å². The molecule has 5 rings (SSSR count). The van der Waals surface area contributed by atoms with Crippen molar-refractivity contribution in [2.45, 2.75) is 44.1 Å². The number of nitrogens with two attached hydrogens (primary N) is 2. The number of rotatable bonds is 2. The van der Waals surface area contributed by atoms with E-state index in [9.17, 15) is 0 Å². The second-order valence-corrected chi connectivity index (χ2v) is 6.69. The first kappa shape index (κ1) is 11.3. The minimum absolute atomic E-state index is 0.0119. The van der Waals surface area contributed by atoms with Crippen LogP contribution in [0.2, 0.25) is 0 Å². The highest BCUT2D eigenvalue weighted by Crippen LogP contribution is 2.56. The van der Waals surface area contributed by atoms with Gasteiger partial charge in [0, 0.05) is 6.07 Å². The molecule has 4 N–H and O–H groups in total. The molecule has 5 heteroatoms. The molecule has 0 aliphatic heterocycles. The normalized spacial score (nSPS) is 39.5. The molecular formula is C14H20N4O. The van der Waals surface area contributed by atoms with Gasteiger partial charge in [0.05, 0.1) is 0 Å². The van der Waals surface area contributed by atoms with E-state index in [0.717, 1.165) is 17.8 Å². The number of ether oxygens (including phenoxy) is 1. The van der Waals surface area contributed by atoms with Crippen LogP contribution in [0, 0.1) is 17.8 Å². The van der Waals surface area contributed by atoms with Gasteiger partial charge in [0.1, 0.15) is 11.4 Å². The zero-order valence-corrected chi connectivity index (χ0v) is 11.0. The number of nitrogen functional groups attached to an aromatic ring is 2. The summed E-state index contributed by atoms with van der Waals surface area (Å²) in [6.45, 7) is 0. The van der Waals surface area contributed by atoms with Gasteiger partial charge in [-0.05, 0) is 56.3 Å². The Bertz CT molecular complexity index is 461. The lowest BCUT2D eigenvalue weighted by molar-refractivity contribution is -0.109. The van der Waals surface area contributed by atoms with Crippen LogP contribution in [0.3, 0.4) is 0 Å². The van der Waals surface area contributed by atoms with Crippen molar-refractivity contribution in [2.75, 3.05) is 11.5 Å². The molecule has 0 amide bonds. The summed E-state index contributed by atoms with van der Waals surface area (Å²) in [4.78, 5) is 8.07. The second kappa shape index (κ2) is 3.74. The number of nitrogens with zero attached hydrogens (tertiary/aromatic N) is 2. The largest absolute Gasteiger partial charge is 0.471 e. The van der Waals surface area contributed by atoms with Crippen LogP contribution in [-0.4, -0.2) is 15.6 Å². The SMILES string of the molecule is Nc1cc(OC23CC4CC(CC(C4)C2)C3)nc(N)n1. The summed E-state index contributed by atoms with van der Waals surface area (Å²) in [5.41, 5.74) is 11.3. The third-order valence-corrected chi connectivity index (χ3v) is 5.04. The lowest BCUT2D eigenvalue weighted by Gasteiger charge is -2.55. The minimum atomic E-state index is -0.0119. The van der Waals surface area contributed by atoms with Gasteiger partial charge in [0.15, 0.2) is 0 Å². The molecule has 0 aromatic carbocycles. The molecule has 0 saturated heterocycles. The van der Waals surface area contributed by atoms with Crippen LogP contribution in [0.5, 0.6) is 5.88 Å². The van der Waals surface area contributed by atoms with Gasteiger partial charge in [-0.2, -0.15) is 9.97 Å². The highest BCUT2D eigenvalue weighted by molar-refractivity contribution is 5.38. The van der Waals surface area contributed by atoms with Crippen LogP contribution in [0.15, 0.2) is 6.07 Å². The summed E-state index contributed by atoms with van der Waals surface area (Å²) in [5.74, 6) is 3.67. The predicted octanol–water partition coefficient (Wildman–Crippen LogP) is 1.99. The molecule has 4 aliphatic carbocycles. The summed E-state index contributed by atoms with van der Waals surface area (Å²) in [7, 11) is 0. The first-order valence-electron chi connectivity index (χ1n) is 7.19. The number of hydrogen-bond acceptors (Lipinski definition) is 5. The molecule has 1 heterocycles. The third kappa shape index (κ3) is 1.91. The molecule has 0 unspecified atom stereocenters. The van der Waals surface area contributed by atoms with Gasteiger partial charge in [-0.25, -0.2) is 0 Å². The molecule has 0 atom stereocenters. The Morgan fingerprint density at radius 2 is 1.58 bits per heavy atom. The Hall–Kier alpha value is -1.52. The zero-order chi connectivity index (χ0) is 13.0. The van der Waals surface area contributed by atoms with E-state index in [1.807, 2.05) is 0 Å². The van der Waals surface area contributed by atoms with Gasteiger partial charge < -0.3 is 16.2 Å². The van der Waals surface area contributed by atoms with E-state index in [1.54, 1.807) is 6.07 Å². The van der Waals surface area contributed by atoms with Crippen molar-refractivity contribution >= 4 is 11.8 Å². The van der Waals surface area contributed by atoms with Crippen LogP contribution in [0.4, 0.5) is 11.8 Å². The molecule has 4 saturated carbocycles. The monoisotopic (exact) mass is 260 g/mol. The highest BCUT2D eigenvalue weighted by Gasteiger charge is 2.52. The fourth-order valence-electron chi connectivity index (χ4n) is 4.89. The first-order chi connectivity index (χ1) is 9.10. The van der Waals surface area contributed by atoms with E-state index in [-0.39, 0.29) is 11.5 Å². The molecule has 19 heavy (non-hydrogen) atoms. The van der Waals surface area contributed by atoms with Crippen LogP contribution in [0.1, 0.15) is 38.5 Å². The lowest BCUT2D eigenvalue weighted by atomic mass is 9.54. The molecule has 102 valence electrons. The average molecular weight is 260 g/mol. The van der Waals surface area contributed by atoms with E-state index < -0.39 is 0 Å². The van der Waals surface area contributed by atoms with Crippen molar-refractivity contribution in [3.8, 4) is 5.88 Å². The van der Waals surface area contributed by atoms with Gasteiger partial charge in [0.25, 0.3) is 0 Å². The molecule has 4 bridgehead atoms. The van der Waals surface area contributed by atoms with Crippen LogP contribution in [0.25, 0.3) is 0 Å². The predicted molar refractivity (Wildman–Crippen MR) is 72.4 cm³/mol. The van der Waals surface area contributed by atoms with Crippen LogP contribution in [-0.2, 0) is 0 Å². The van der Waals surface area contributed by atoms with Crippen molar-refractivity contribution in [1.29, 1.82) is 0 Å². The minimum Gasteiger partial charge on any atom is -0.471 e. The van der Waals surface area contributed by atoms with Gasteiger partial charge in [-0.3, -0.25) is 0 Å². The van der Waals surface area contributed by atoms with Crippen molar-refractivity contribution in [3.05, 3.63) is 6.07 Å². The van der Waals surface area contributed by atoms with Gasteiger partial charge in [-0.1, -0.05) is 0 Å². The van der Waals surface area contributed by atoms with E-state index in [1.165, 1.54) is 38.5 Å². The molecule has 4 aliphatic rings. The van der Waals surface area contributed by atoms with Crippen LogP contribution >= 0.6 is 0 Å². The lowest BCUT2D eigenvalue weighted by Crippen LogP contribution is -2.53. The molecule has 4 fully saturated rings. The Balaban J connectivity index is 1.62. The Kier molecular flexibility index (Phi) is 2.23.